The molecule has 2 aliphatic rings. The van der Waals surface area contributed by atoms with Crippen molar-refractivity contribution < 1.29 is 4.79 Å². The highest BCUT2D eigenvalue weighted by molar-refractivity contribution is 5.86. The molecule has 2 aromatic carbocycles. The van der Waals surface area contributed by atoms with Gasteiger partial charge in [-0.3, -0.25) is 4.79 Å². The van der Waals surface area contributed by atoms with E-state index in [1.165, 1.54) is 23.1 Å². The van der Waals surface area contributed by atoms with E-state index >= 15 is 0 Å². The third-order valence-corrected chi connectivity index (χ3v) is 5.67. The molecule has 1 aliphatic carbocycles. The van der Waals surface area contributed by atoms with Crippen LogP contribution in [0.5, 0.6) is 0 Å². The summed E-state index contributed by atoms with van der Waals surface area (Å²) >= 11 is 0. The molecule has 2 aromatic rings. The van der Waals surface area contributed by atoms with E-state index < -0.39 is 0 Å². The predicted molar refractivity (Wildman–Crippen MR) is 101 cm³/mol. The Morgan fingerprint density at radius 2 is 1.88 bits per heavy atom. The van der Waals surface area contributed by atoms with Crippen LogP contribution in [0, 0.1) is 5.92 Å². The summed E-state index contributed by atoms with van der Waals surface area (Å²) < 4.78 is 0. The fourth-order valence-electron chi connectivity index (χ4n) is 4.08. The highest BCUT2D eigenvalue weighted by Gasteiger charge is 2.32. The fourth-order valence-corrected chi connectivity index (χ4v) is 4.08. The second-order valence-corrected chi connectivity index (χ2v) is 7.39. The third-order valence-electron chi connectivity index (χ3n) is 5.67. The van der Waals surface area contributed by atoms with Crippen LogP contribution in [-0.4, -0.2) is 37.0 Å². The number of benzene rings is 2. The van der Waals surface area contributed by atoms with Crippen LogP contribution in [0.3, 0.4) is 0 Å². The van der Waals surface area contributed by atoms with Crippen molar-refractivity contribution in [2.24, 2.45) is 5.92 Å². The first-order valence-electron chi connectivity index (χ1n) is 9.41. The van der Waals surface area contributed by atoms with Gasteiger partial charge < -0.3 is 10.2 Å². The molecule has 1 N–H and O–H groups in total. The lowest BCUT2D eigenvalue weighted by atomic mass is 9.77. The number of carbonyl (C=O) groups is 1. The molecule has 3 heteroatoms. The Hall–Kier alpha value is -2.13. The average Bonchev–Trinajstić information content (AvgIpc) is 3.08. The minimum absolute atomic E-state index is 0.0757. The molecule has 25 heavy (non-hydrogen) atoms. The predicted octanol–water partition coefficient (Wildman–Crippen LogP) is 3.01. The van der Waals surface area contributed by atoms with E-state index in [4.69, 9.17) is 0 Å². The van der Waals surface area contributed by atoms with Crippen LogP contribution >= 0.6 is 0 Å². The van der Waals surface area contributed by atoms with Gasteiger partial charge in [0, 0.05) is 19.6 Å². The maximum atomic E-state index is 12.4. The molecule has 4 rings (SSSR count). The summed E-state index contributed by atoms with van der Waals surface area (Å²) in [4.78, 5) is 14.9. The molecule has 0 spiro atoms. The second-order valence-electron chi connectivity index (χ2n) is 7.39. The first-order chi connectivity index (χ1) is 12.3. The van der Waals surface area contributed by atoms with Crippen LogP contribution in [0.2, 0.25) is 0 Å². The molecule has 1 aliphatic heterocycles. The first-order valence-corrected chi connectivity index (χ1v) is 9.41. The number of nitrogens with one attached hydrogen (secondary N) is 1. The molecule has 1 amide bonds. The molecule has 0 aromatic heterocycles. The number of nitrogens with zero attached hydrogens (tertiary/aromatic N) is 1. The summed E-state index contributed by atoms with van der Waals surface area (Å²) in [6.07, 6.45) is 3.20. The second kappa shape index (κ2) is 7.40. The van der Waals surface area contributed by atoms with Crippen molar-refractivity contribution in [2.75, 3.05) is 26.2 Å². The minimum atomic E-state index is 0.0757. The van der Waals surface area contributed by atoms with Gasteiger partial charge in [-0.15, -0.1) is 0 Å². The number of hydrogen-bond donors (Lipinski definition) is 1. The summed E-state index contributed by atoms with van der Waals surface area (Å²) in [7, 11) is 0. The van der Waals surface area contributed by atoms with Gasteiger partial charge in [0.15, 0.2) is 0 Å². The van der Waals surface area contributed by atoms with E-state index in [0.29, 0.717) is 5.92 Å². The Morgan fingerprint density at radius 3 is 2.72 bits per heavy atom. The quantitative estimate of drug-likeness (QED) is 0.881. The molecule has 0 unspecified atom stereocenters. The smallest absolute Gasteiger partial charge is 0.227 e. The molecular formula is C22H26N2O. The number of fused-ring (bicyclic) bond motifs is 1. The van der Waals surface area contributed by atoms with E-state index in [0.717, 1.165) is 39.0 Å². The van der Waals surface area contributed by atoms with Gasteiger partial charge >= 0.3 is 0 Å². The van der Waals surface area contributed by atoms with Crippen LogP contribution < -0.4 is 5.32 Å². The average molecular weight is 334 g/mol. The van der Waals surface area contributed by atoms with Gasteiger partial charge in [0.05, 0.1) is 5.92 Å². The van der Waals surface area contributed by atoms with Gasteiger partial charge in [-0.25, -0.2) is 0 Å². The maximum Gasteiger partial charge on any atom is 0.227 e. The van der Waals surface area contributed by atoms with Crippen LogP contribution in [0.1, 0.15) is 29.0 Å². The Balaban J connectivity index is 1.19. The van der Waals surface area contributed by atoms with Gasteiger partial charge in [-0.1, -0.05) is 54.6 Å². The summed E-state index contributed by atoms with van der Waals surface area (Å²) in [6.45, 7) is 4.19. The zero-order valence-electron chi connectivity index (χ0n) is 14.7. The fraction of sp³-hybridized carbons (Fsp3) is 0.409. The van der Waals surface area contributed by atoms with Crippen LogP contribution in [0.4, 0.5) is 0 Å². The minimum Gasteiger partial charge on any atom is -0.355 e. The zero-order chi connectivity index (χ0) is 17.1. The molecule has 2 atom stereocenters. The van der Waals surface area contributed by atoms with Crippen molar-refractivity contribution in [1.29, 1.82) is 0 Å². The van der Waals surface area contributed by atoms with E-state index in [1.54, 1.807) is 0 Å². The lowest BCUT2D eigenvalue weighted by Crippen LogP contribution is -2.38. The van der Waals surface area contributed by atoms with Crippen molar-refractivity contribution in [3.63, 3.8) is 0 Å². The number of hydrogen-bond acceptors (Lipinski definition) is 2. The summed E-state index contributed by atoms with van der Waals surface area (Å²) in [5, 5.41) is 3.20. The highest BCUT2D eigenvalue weighted by Crippen LogP contribution is 2.34. The van der Waals surface area contributed by atoms with Gasteiger partial charge in [0.2, 0.25) is 5.91 Å². The van der Waals surface area contributed by atoms with Crippen LogP contribution in [0.25, 0.3) is 0 Å². The van der Waals surface area contributed by atoms with Crippen molar-refractivity contribution in [1.82, 2.24) is 10.2 Å². The van der Waals surface area contributed by atoms with Crippen molar-refractivity contribution >= 4 is 5.91 Å². The zero-order valence-corrected chi connectivity index (χ0v) is 14.7. The molecule has 0 radical (unpaired) electrons. The van der Waals surface area contributed by atoms with Crippen LogP contribution in [-0.2, 0) is 17.6 Å². The van der Waals surface area contributed by atoms with Crippen LogP contribution in [0.15, 0.2) is 54.6 Å². The molecule has 1 saturated heterocycles. The van der Waals surface area contributed by atoms with E-state index in [1.807, 2.05) is 6.07 Å². The molecule has 130 valence electrons. The summed E-state index contributed by atoms with van der Waals surface area (Å²) in [6, 6.07) is 19.0. The Labute approximate surface area is 150 Å². The normalized spacial score (nSPS) is 22.2. The lowest BCUT2D eigenvalue weighted by molar-refractivity contribution is -0.123. The van der Waals surface area contributed by atoms with E-state index in [-0.39, 0.29) is 11.8 Å². The van der Waals surface area contributed by atoms with Gasteiger partial charge in [-0.05, 0) is 48.4 Å². The molecule has 1 heterocycles. The lowest BCUT2D eigenvalue weighted by Gasteiger charge is -2.29. The molecule has 3 nitrogen and oxygen atoms in total. The van der Waals surface area contributed by atoms with Gasteiger partial charge in [0.25, 0.3) is 0 Å². The number of rotatable bonds is 6. The Bertz CT molecular complexity index is 728. The van der Waals surface area contributed by atoms with Crippen molar-refractivity contribution in [3.05, 3.63) is 71.3 Å². The van der Waals surface area contributed by atoms with Gasteiger partial charge in [-0.2, -0.15) is 0 Å². The maximum absolute atomic E-state index is 12.4. The number of likely N-dealkylation sites (tertiary alicyclic amines) is 1. The summed E-state index contributed by atoms with van der Waals surface area (Å²) in [5.74, 6) is 0.878. The molecular weight excluding hydrogens is 308 g/mol. The molecule has 0 saturated carbocycles. The van der Waals surface area contributed by atoms with Crippen molar-refractivity contribution in [2.45, 2.75) is 25.2 Å². The topological polar surface area (TPSA) is 32.3 Å². The molecule has 0 bridgehead atoms. The SMILES string of the molecule is O=C(NC[C@H]1CCN(CCc2ccccc2)C1)[C@H]1Cc2ccccc21. The monoisotopic (exact) mass is 334 g/mol. The molecule has 1 fully saturated rings. The third kappa shape index (κ3) is 3.77. The van der Waals surface area contributed by atoms with Crippen molar-refractivity contribution in [3.8, 4) is 0 Å². The highest BCUT2D eigenvalue weighted by atomic mass is 16.1. The summed E-state index contributed by atoms with van der Waals surface area (Å²) in [5.41, 5.74) is 3.95. The Kier molecular flexibility index (Phi) is 4.84. The Morgan fingerprint density at radius 1 is 1.08 bits per heavy atom. The largest absolute Gasteiger partial charge is 0.355 e. The van der Waals surface area contributed by atoms with E-state index in [9.17, 15) is 4.79 Å². The first kappa shape index (κ1) is 16.3. The van der Waals surface area contributed by atoms with E-state index in [2.05, 4.69) is 58.7 Å². The number of carbonyl (C=O) groups excluding carboxylic acids is 1. The number of amides is 1. The standard InChI is InChI=1S/C22H26N2O/c25-22(21-14-19-8-4-5-9-20(19)21)23-15-18-11-13-24(16-18)12-10-17-6-2-1-3-7-17/h1-9,18,21H,10-16H2,(H,23,25)/t18-,21+/m1/s1. The van der Waals surface area contributed by atoms with Gasteiger partial charge in [0.1, 0.15) is 0 Å².